The largest absolute Gasteiger partial charge is 0.317 e. The summed E-state index contributed by atoms with van der Waals surface area (Å²) in [4.78, 5) is 8.16. The first kappa shape index (κ1) is 18.2. The lowest BCUT2D eigenvalue weighted by atomic mass is 9.71. The number of piperidine rings is 3. The first-order valence-electron chi connectivity index (χ1n) is 10.9. The van der Waals surface area contributed by atoms with Crippen LogP contribution in [0, 0.1) is 10.8 Å². The van der Waals surface area contributed by atoms with Crippen molar-refractivity contribution in [2.75, 3.05) is 66.0 Å². The Balaban J connectivity index is 1.25. The van der Waals surface area contributed by atoms with Crippen LogP contribution >= 0.6 is 0 Å². The molecule has 0 aromatic carbocycles. The molecule has 4 nitrogen and oxygen atoms in total. The van der Waals surface area contributed by atoms with Crippen LogP contribution in [0.25, 0.3) is 0 Å². The van der Waals surface area contributed by atoms with Crippen molar-refractivity contribution in [1.82, 2.24) is 20.0 Å². The molecular weight excluding hydrogens is 308 g/mol. The van der Waals surface area contributed by atoms with E-state index in [-0.39, 0.29) is 0 Å². The van der Waals surface area contributed by atoms with Gasteiger partial charge in [0.25, 0.3) is 0 Å². The van der Waals surface area contributed by atoms with Gasteiger partial charge < -0.3 is 15.1 Å². The van der Waals surface area contributed by atoms with E-state index in [0.717, 1.165) is 6.04 Å². The van der Waals surface area contributed by atoms with E-state index in [1.165, 1.54) is 104 Å². The maximum absolute atomic E-state index is 3.55. The van der Waals surface area contributed by atoms with Crippen molar-refractivity contribution < 1.29 is 0 Å². The summed E-state index contributed by atoms with van der Waals surface area (Å²) in [6, 6.07) is 0.732. The van der Waals surface area contributed by atoms with E-state index in [4.69, 9.17) is 0 Å². The Morgan fingerprint density at radius 3 is 2.28 bits per heavy atom. The molecule has 2 spiro atoms. The predicted molar refractivity (Wildman–Crippen MR) is 105 cm³/mol. The molecule has 4 aliphatic heterocycles. The van der Waals surface area contributed by atoms with Crippen molar-refractivity contribution in [2.24, 2.45) is 10.8 Å². The molecule has 25 heavy (non-hydrogen) atoms. The topological polar surface area (TPSA) is 21.8 Å². The normalized spacial score (nSPS) is 36.2. The van der Waals surface area contributed by atoms with Crippen molar-refractivity contribution in [1.29, 1.82) is 0 Å². The minimum absolute atomic E-state index is 0.619. The van der Waals surface area contributed by atoms with Gasteiger partial charge in [0.05, 0.1) is 0 Å². The molecule has 0 bridgehead atoms. The molecule has 0 radical (unpaired) electrons. The van der Waals surface area contributed by atoms with Gasteiger partial charge in [-0.1, -0.05) is 0 Å². The highest BCUT2D eigenvalue weighted by Gasteiger charge is 2.41. The maximum atomic E-state index is 3.55. The van der Waals surface area contributed by atoms with E-state index in [2.05, 4.69) is 34.0 Å². The Bertz CT molecular complexity index is 437. The maximum Gasteiger partial charge on any atom is 0.0194 e. The van der Waals surface area contributed by atoms with Crippen LogP contribution in [0.4, 0.5) is 0 Å². The van der Waals surface area contributed by atoms with E-state index in [1.54, 1.807) is 0 Å². The lowest BCUT2D eigenvalue weighted by molar-refractivity contribution is 0.0426. The monoisotopic (exact) mass is 348 g/mol. The highest BCUT2D eigenvalue weighted by molar-refractivity contribution is 4.96. The van der Waals surface area contributed by atoms with Gasteiger partial charge in [-0.2, -0.15) is 0 Å². The second-order valence-corrected chi connectivity index (χ2v) is 9.96. The minimum atomic E-state index is 0.619. The molecule has 144 valence electrons. The van der Waals surface area contributed by atoms with Crippen LogP contribution in [0.15, 0.2) is 0 Å². The van der Waals surface area contributed by atoms with Crippen molar-refractivity contribution in [2.45, 2.75) is 57.9 Å². The highest BCUT2D eigenvalue weighted by atomic mass is 15.2. The Kier molecular flexibility index (Phi) is 5.43. The van der Waals surface area contributed by atoms with Gasteiger partial charge in [0.2, 0.25) is 0 Å². The van der Waals surface area contributed by atoms with Gasteiger partial charge in [-0.05, 0) is 109 Å². The number of likely N-dealkylation sites (tertiary alicyclic amines) is 3. The van der Waals surface area contributed by atoms with Gasteiger partial charge in [-0.25, -0.2) is 0 Å². The molecular formula is C21H40N4. The van der Waals surface area contributed by atoms with Crippen LogP contribution in [0.1, 0.15) is 51.9 Å². The van der Waals surface area contributed by atoms with Gasteiger partial charge in [0.15, 0.2) is 0 Å². The summed E-state index contributed by atoms with van der Waals surface area (Å²) in [5, 5.41) is 3.55. The number of hydrogen-bond donors (Lipinski definition) is 1. The van der Waals surface area contributed by atoms with Crippen molar-refractivity contribution in [3.05, 3.63) is 0 Å². The SMILES string of the molecule is CC(CN1CCC2(CCCN(C)C2)C1)N1CCC2(CCNCC2)CC1. The fraction of sp³-hybridized carbons (Fsp3) is 1.00. The Hall–Kier alpha value is -0.160. The smallest absolute Gasteiger partial charge is 0.0194 e. The molecule has 0 aromatic heterocycles. The lowest BCUT2D eigenvalue weighted by Crippen LogP contribution is -2.50. The third-order valence-corrected chi connectivity index (χ3v) is 8.04. The molecule has 4 heterocycles. The fourth-order valence-corrected chi connectivity index (χ4v) is 6.36. The summed E-state index contributed by atoms with van der Waals surface area (Å²) in [7, 11) is 2.32. The summed E-state index contributed by atoms with van der Waals surface area (Å²) < 4.78 is 0. The number of nitrogens with one attached hydrogen (secondary N) is 1. The highest BCUT2D eigenvalue weighted by Crippen LogP contribution is 2.41. The van der Waals surface area contributed by atoms with Gasteiger partial charge >= 0.3 is 0 Å². The van der Waals surface area contributed by atoms with E-state index in [1.807, 2.05) is 0 Å². The standard InChI is InChI=1S/C21H40N4/c1-19(25-14-8-20(9-15-25)5-10-22-11-6-20)16-24-13-7-21(18-24)4-3-12-23(2)17-21/h19,22H,3-18H2,1-2H3. The summed E-state index contributed by atoms with van der Waals surface area (Å²) >= 11 is 0. The summed E-state index contributed by atoms with van der Waals surface area (Å²) in [5.74, 6) is 0. The molecule has 4 aliphatic rings. The number of rotatable bonds is 3. The van der Waals surface area contributed by atoms with Crippen LogP contribution < -0.4 is 5.32 Å². The predicted octanol–water partition coefficient (Wildman–Crippen LogP) is 2.26. The first-order chi connectivity index (χ1) is 12.1. The van der Waals surface area contributed by atoms with Crippen LogP contribution in [0.2, 0.25) is 0 Å². The molecule has 0 amide bonds. The molecule has 4 fully saturated rings. The molecule has 0 aromatic rings. The zero-order valence-corrected chi connectivity index (χ0v) is 16.7. The second-order valence-electron chi connectivity index (χ2n) is 9.96. The molecule has 4 rings (SSSR count). The summed E-state index contributed by atoms with van der Waals surface area (Å²) in [6.07, 6.45) is 10.0. The third-order valence-electron chi connectivity index (χ3n) is 8.04. The van der Waals surface area contributed by atoms with Crippen LogP contribution in [-0.2, 0) is 0 Å². The van der Waals surface area contributed by atoms with Crippen molar-refractivity contribution in [3.63, 3.8) is 0 Å². The molecule has 0 saturated carbocycles. The summed E-state index contributed by atoms with van der Waals surface area (Å²) in [6.45, 7) is 14.3. The summed E-state index contributed by atoms with van der Waals surface area (Å²) in [5.41, 5.74) is 1.31. The van der Waals surface area contributed by atoms with Gasteiger partial charge in [0.1, 0.15) is 0 Å². The van der Waals surface area contributed by atoms with E-state index < -0.39 is 0 Å². The van der Waals surface area contributed by atoms with Crippen molar-refractivity contribution >= 4 is 0 Å². The zero-order valence-electron chi connectivity index (χ0n) is 16.7. The van der Waals surface area contributed by atoms with Crippen LogP contribution in [0.3, 0.4) is 0 Å². The average molecular weight is 349 g/mol. The molecule has 2 atom stereocenters. The van der Waals surface area contributed by atoms with Crippen molar-refractivity contribution in [3.8, 4) is 0 Å². The van der Waals surface area contributed by atoms with E-state index >= 15 is 0 Å². The number of hydrogen-bond acceptors (Lipinski definition) is 4. The van der Waals surface area contributed by atoms with E-state index in [9.17, 15) is 0 Å². The Labute approximate surface area is 155 Å². The van der Waals surface area contributed by atoms with Crippen LogP contribution in [-0.4, -0.2) is 86.7 Å². The number of nitrogens with zero attached hydrogens (tertiary/aromatic N) is 3. The zero-order chi connectivity index (χ0) is 17.3. The molecule has 4 saturated heterocycles. The average Bonchev–Trinajstić information content (AvgIpc) is 2.97. The Morgan fingerprint density at radius 1 is 0.840 bits per heavy atom. The first-order valence-corrected chi connectivity index (χ1v) is 10.9. The van der Waals surface area contributed by atoms with E-state index in [0.29, 0.717) is 10.8 Å². The second kappa shape index (κ2) is 7.46. The van der Waals surface area contributed by atoms with Crippen LogP contribution in [0.5, 0.6) is 0 Å². The molecule has 0 aliphatic carbocycles. The molecule has 1 N–H and O–H groups in total. The third kappa shape index (κ3) is 4.07. The minimum Gasteiger partial charge on any atom is -0.317 e. The fourth-order valence-electron chi connectivity index (χ4n) is 6.36. The van der Waals surface area contributed by atoms with Gasteiger partial charge in [-0.3, -0.25) is 4.90 Å². The lowest BCUT2D eigenvalue weighted by Gasteiger charge is -2.46. The molecule has 2 unspecified atom stereocenters. The van der Waals surface area contributed by atoms with Gasteiger partial charge in [0, 0.05) is 25.7 Å². The quantitative estimate of drug-likeness (QED) is 0.844. The van der Waals surface area contributed by atoms with Gasteiger partial charge in [-0.15, -0.1) is 0 Å². The molecule has 4 heteroatoms. The Morgan fingerprint density at radius 2 is 1.56 bits per heavy atom.